The van der Waals surface area contributed by atoms with Crippen molar-refractivity contribution in [3.63, 3.8) is 0 Å². The Morgan fingerprint density at radius 1 is 1.02 bits per heavy atom. The van der Waals surface area contributed by atoms with Crippen molar-refractivity contribution in [3.05, 3.63) is 84.2 Å². The van der Waals surface area contributed by atoms with E-state index in [9.17, 15) is 4.79 Å². The van der Waals surface area contributed by atoms with E-state index < -0.39 is 0 Å². The van der Waals surface area contributed by atoms with Crippen LogP contribution in [0, 0.1) is 0 Å². The molecule has 1 aromatic heterocycles. The molecule has 1 saturated heterocycles. The molecule has 1 unspecified atom stereocenters. The van der Waals surface area contributed by atoms with Gasteiger partial charge in [0.2, 0.25) is 0 Å². The second-order valence-electron chi connectivity index (χ2n) is 10.3. The number of benzene rings is 3. The molecule has 4 aromatic rings. The standard InChI is InChI=1S/C32H38N4O3S.2ClH/c1-35-20-16-33-32(35)40-27-14-18-36(19-15-27)17-6-9-29(25-11-10-23-7-4-5-8-24(23)21-25)34-31(37)28-13-12-26(38-2)22-30(28)39-3;;/h4-5,7-8,10-13,16,20-22,27,29H,6,9,14-15,17-19H2,1-3H3,(H,34,37);2*1H. The third kappa shape index (κ3) is 8.34. The number of rotatable bonds is 11. The average Bonchev–Trinajstić information content (AvgIpc) is 3.40. The lowest BCUT2D eigenvalue weighted by Gasteiger charge is -2.31. The number of fused-ring (bicyclic) bond motifs is 1. The highest BCUT2D eigenvalue weighted by Crippen LogP contribution is 2.30. The Morgan fingerprint density at radius 3 is 2.48 bits per heavy atom. The molecular weight excluding hydrogens is 591 g/mol. The molecule has 7 nitrogen and oxygen atoms in total. The van der Waals surface area contributed by atoms with E-state index in [1.165, 1.54) is 23.6 Å². The fraction of sp³-hybridized carbons (Fsp3) is 0.375. The van der Waals surface area contributed by atoms with Crippen molar-refractivity contribution in [2.45, 2.75) is 42.1 Å². The molecular formula is C32H40Cl2N4O3S. The first-order valence-corrected chi connectivity index (χ1v) is 14.8. The Labute approximate surface area is 265 Å². The fourth-order valence-corrected chi connectivity index (χ4v) is 6.45. The Morgan fingerprint density at radius 2 is 1.79 bits per heavy atom. The van der Waals surface area contributed by atoms with E-state index in [-0.39, 0.29) is 36.8 Å². The summed E-state index contributed by atoms with van der Waals surface area (Å²) in [5.74, 6) is 1.01. The van der Waals surface area contributed by atoms with E-state index in [0.717, 1.165) is 43.2 Å². The summed E-state index contributed by atoms with van der Waals surface area (Å²) in [4.78, 5) is 20.5. The number of methoxy groups -OCH3 is 2. The molecule has 10 heteroatoms. The number of carbonyl (C=O) groups excluding carboxylic acids is 1. The largest absolute Gasteiger partial charge is 0.497 e. The van der Waals surface area contributed by atoms with Crippen LogP contribution in [0.4, 0.5) is 0 Å². The monoisotopic (exact) mass is 630 g/mol. The molecule has 0 radical (unpaired) electrons. The van der Waals surface area contributed by atoms with Gasteiger partial charge in [-0.05, 0) is 79.9 Å². The predicted octanol–water partition coefficient (Wildman–Crippen LogP) is 6.94. The topological polar surface area (TPSA) is 68.6 Å². The fourth-order valence-electron chi connectivity index (χ4n) is 5.35. The molecule has 3 aromatic carbocycles. The molecule has 2 heterocycles. The Hall–Kier alpha value is -2.91. The molecule has 1 aliphatic heterocycles. The van der Waals surface area contributed by atoms with Crippen LogP contribution >= 0.6 is 36.6 Å². The number of thioether (sulfide) groups is 1. The molecule has 226 valence electrons. The first-order chi connectivity index (χ1) is 19.5. The normalized spacial score (nSPS) is 14.5. The summed E-state index contributed by atoms with van der Waals surface area (Å²) in [6.45, 7) is 3.21. The zero-order chi connectivity index (χ0) is 27.9. The van der Waals surface area contributed by atoms with Crippen molar-refractivity contribution in [2.75, 3.05) is 33.9 Å². The number of piperidine rings is 1. The summed E-state index contributed by atoms with van der Waals surface area (Å²) in [5.41, 5.74) is 1.62. The number of likely N-dealkylation sites (tertiary alicyclic amines) is 1. The molecule has 1 atom stereocenters. The van der Waals surface area contributed by atoms with Gasteiger partial charge in [0, 0.05) is 30.8 Å². The van der Waals surface area contributed by atoms with Crippen molar-refractivity contribution in [1.82, 2.24) is 19.8 Å². The maximum Gasteiger partial charge on any atom is 0.255 e. The van der Waals surface area contributed by atoms with E-state index in [1.54, 1.807) is 32.4 Å². The highest BCUT2D eigenvalue weighted by molar-refractivity contribution is 7.99. The lowest BCUT2D eigenvalue weighted by atomic mass is 9.97. The molecule has 1 aliphatic rings. The smallest absolute Gasteiger partial charge is 0.255 e. The maximum absolute atomic E-state index is 13.5. The quantitative estimate of drug-likeness (QED) is 0.194. The number of halogens is 2. The van der Waals surface area contributed by atoms with E-state index >= 15 is 0 Å². The summed E-state index contributed by atoms with van der Waals surface area (Å²) >= 11 is 1.90. The molecule has 0 bridgehead atoms. The third-order valence-electron chi connectivity index (χ3n) is 7.69. The van der Waals surface area contributed by atoms with Crippen LogP contribution in [-0.2, 0) is 7.05 Å². The van der Waals surface area contributed by atoms with Gasteiger partial charge in [0.1, 0.15) is 11.5 Å². The van der Waals surface area contributed by atoms with Crippen molar-refractivity contribution < 1.29 is 14.3 Å². The minimum Gasteiger partial charge on any atom is -0.497 e. The van der Waals surface area contributed by atoms with Gasteiger partial charge in [-0.25, -0.2) is 4.98 Å². The third-order valence-corrected chi connectivity index (χ3v) is 9.09. The molecule has 0 saturated carbocycles. The van der Waals surface area contributed by atoms with Crippen LogP contribution in [-0.4, -0.2) is 59.5 Å². The van der Waals surface area contributed by atoms with Crippen molar-refractivity contribution in [1.29, 1.82) is 0 Å². The molecule has 0 spiro atoms. The van der Waals surface area contributed by atoms with E-state index in [1.807, 2.05) is 24.2 Å². The van der Waals surface area contributed by atoms with Gasteiger partial charge in [0.25, 0.3) is 5.91 Å². The van der Waals surface area contributed by atoms with Gasteiger partial charge in [-0.1, -0.05) is 48.2 Å². The number of aryl methyl sites for hydroxylation is 1. The highest BCUT2D eigenvalue weighted by atomic mass is 35.5. The first kappa shape index (κ1) is 33.6. The summed E-state index contributed by atoms with van der Waals surface area (Å²) < 4.78 is 12.9. The summed E-state index contributed by atoms with van der Waals surface area (Å²) in [6.07, 6.45) is 8.05. The van der Waals surface area contributed by atoms with Crippen LogP contribution in [0.3, 0.4) is 0 Å². The minimum atomic E-state index is -0.148. The number of carbonyl (C=O) groups is 1. The number of ether oxygens (including phenoxy) is 2. The van der Waals surface area contributed by atoms with Crippen LogP contribution in [0.1, 0.15) is 47.6 Å². The van der Waals surface area contributed by atoms with Crippen LogP contribution in [0.25, 0.3) is 10.8 Å². The molecule has 0 aliphatic carbocycles. The first-order valence-electron chi connectivity index (χ1n) is 13.9. The maximum atomic E-state index is 13.5. The van der Waals surface area contributed by atoms with Gasteiger partial charge in [-0.3, -0.25) is 4.79 Å². The second kappa shape index (κ2) is 16.1. The summed E-state index contributed by atoms with van der Waals surface area (Å²) in [6, 6.07) is 20.0. The van der Waals surface area contributed by atoms with Crippen molar-refractivity contribution in [2.24, 2.45) is 7.05 Å². The number of imidazole rings is 1. The molecule has 1 fully saturated rings. The zero-order valence-corrected chi connectivity index (χ0v) is 26.8. The van der Waals surface area contributed by atoms with Crippen LogP contribution < -0.4 is 14.8 Å². The Kier molecular flexibility index (Phi) is 12.9. The number of hydrogen-bond acceptors (Lipinski definition) is 6. The van der Waals surface area contributed by atoms with Crippen LogP contribution in [0.15, 0.2) is 78.2 Å². The number of amides is 1. The number of hydrogen-bond donors (Lipinski definition) is 1. The molecule has 5 rings (SSSR count). The van der Waals surface area contributed by atoms with Gasteiger partial charge >= 0.3 is 0 Å². The summed E-state index contributed by atoms with van der Waals surface area (Å²) in [7, 11) is 5.23. The highest BCUT2D eigenvalue weighted by Gasteiger charge is 2.23. The lowest BCUT2D eigenvalue weighted by molar-refractivity contribution is 0.0930. The van der Waals surface area contributed by atoms with E-state index in [0.29, 0.717) is 22.3 Å². The van der Waals surface area contributed by atoms with E-state index in [4.69, 9.17) is 9.47 Å². The molecule has 42 heavy (non-hydrogen) atoms. The van der Waals surface area contributed by atoms with E-state index in [2.05, 4.69) is 69.3 Å². The second-order valence-corrected chi connectivity index (χ2v) is 11.6. The Bertz CT molecular complexity index is 1440. The number of aromatic nitrogens is 2. The van der Waals surface area contributed by atoms with Crippen molar-refractivity contribution >= 4 is 53.3 Å². The van der Waals surface area contributed by atoms with Crippen LogP contribution in [0.5, 0.6) is 11.5 Å². The minimum absolute atomic E-state index is 0. The molecule has 1 N–H and O–H groups in total. The van der Waals surface area contributed by atoms with Gasteiger partial charge in [0.05, 0.1) is 25.8 Å². The summed E-state index contributed by atoms with van der Waals surface area (Å²) in [5, 5.41) is 7.39. The SMILES string of the molecule is COc1ccc(C(=O)NC(CCCN2CCC(Sc3nccn3C)CC2)c2ccc3ccccc3c2)c(OC)c1.Cl.Cl. The van der Waals surface area contributed by atoms with Crippen molar-refractivity contribution in [3.8, 4) is 11.5 Å². The van der Waals surface area contributed by atoms with Gasteiger partial charge in [-0.2, -0.15) is 0 Å². The van der Waals surface area contributed by atoms with Gasteiger partial charge in [-0.15, -0.1) is 24.8 Å². The number of nitrogens with one attached hydrogen (secondary N) is 1. The van der Waals surface area contributed by atoms with Crippen LogP contribution in [0.2, 0.25) is 0 Å². The average molecular weight is 632 g/mol. The van der Waals surface area contributed by atoms with Gasteiger partial charge < -0.3 is 24.3 Å². The lowest BCUT2D eigenvalue weighted by Crippen LogP contribution is -2.36. The number of nitrogens with zero attached hydrogens (tertiary/aromatic N) is 3. The predicted molar refractivity (Wildman–Crippen MR) is 176 cm³/mol. The molecule has 1 amide bonds. The zero-order valence-electron chi connectivity index (χ0n) is 24.3. The van der Waals surface area contributed by atoms with Gasteiger partial charge in [0.15, 0.2) is 5.16 Å². The Balaban J connectivity index is 0.00000242.